The van der Waals surface area contributed by atoms with Crippen molar-refractivity contribution in [3.8, 4) is 0 Å². The Labute approximate surface area is 156 Å². The van der Waals surface area contributed by atoms with Gasteiger partial charge in [0.15, 0.2) is 11.2 Å². The third-order valence-corrected chi connectivity index (χ3v) is 5.31. The van der Waals surface area contributed by atoms with Gasteiger partial charge >= 0.3 is 0 Å². The summed E-state index contributed by atoms with van der Waals surface area (Å²) in [6, 6.07) is 0. The molecule has 0 bridgehead atoms. The van der Waals surface area contributed by atoms with Crippen LogP contribution in [0.15, 0.2) is 17.4 Å². The third-order valence-electron chi connectivity index (χ3n) is 5.31. The monoisotopic (exact) mass is 400 g/mol. The molecule has 0 aliphatic carbocycles. The highest BCUT2D eigenvalue weighted by molar-refractivity contribution is 5.69. The number of hydrogen-bond acceptors (Lipinski definition) is 11. The molecule has 0 radical (unpaired) electrons. The van der Waals surface area contributed by atoms with Crippen LogP contribution >= 0.6 is 0 Å². The van der Waals surface area contributed by atoms with Crippen LogP contribution in [-0.2, 0) is 15.2 Å². The lowest BCUT2D eigenvalue weighted by Crippen LogP contribution is -2.58. The molecule has 4 rings (SSSR count). The van der Waals surface area contributed by atoms with Crippen molar-refractivity contribution in [2.75, 3.05) is 13.2 Å². The zero-order valence-corrected chi connectivity index (χ0v) is 14.4. The minimum absolute atomic E-state index is 0.0497. The molecule has 154 valence electrons. The maximum absolute atomic E-state index is 12.0. The van der Waals surface area contributed by atoms with Crippen molar-refractivity contribution in [3.05, 3.63) is 23.0 Å². The molecule has 0 amide bonds. The number of rotatable bonds is 4. The standard InChI is InChI=1S/C15H20N4O9/c20-1-5-8(22)10(24)12(27-5)15(11(25)9(23)6(2-21)28-15)19-4-18-7-13(19)16-3-17-14(7)26/h3-6,8-12,20-25H,1-2H2,(H,16,17,26)/t5-,6-,8-,9-,10-,11-,12-,15+/m1/s1. The highest BCUT2D eigenvalue weighted by Crippen LogP contribution is 2.45. The Hall–Kier alpha value is -1.97. The Balaban J connectivity index is 1.93. The van der Waals surface area contributed by atoms with Gasteiger partial charge in [-0.25, -0.2) is 9.97 Å². The summed E-state index contributed by atoms with van der Waals surface area (Å²) < 4.78 is 12.4. The van der Waals surface area contributed by atoms with E-state index in [1.165, 1.54) is 0 Å². The quantitative estimate of drug-likeness (QED) is 0.260. The first-order valence-corrected chi connectivity index (χ1v) is 8.55. The predicted octanol–water partition coefficient (Wildman–Crippen LogP) is -4.63. The van der Waals surface area contributed by atoms with E-state index in [4.69, 9.17) is 9.47 Å². The van der Waals surface area contributed by atoms with Gasteiger partial charge in [0.05, 0.1) is 25.9 Å². The van der Waals surface area contributed by atoms with Gasteiger partial charge < -0.3 is 45.1 Å². The van der Waals surface area contributed by atoms with Crippen LogP contribution in [0.25, 0.3) is 11.2 Å². The number of ether oxygens (including phenoxy) is 2. The molecular weight excluding hydrogens is 380 g/mol. The van der Waals surface area contributed by atoms with E-state index in [1.54, 1.807) is 0 Å². The summed E-state index contributed by atoms with van der Waals surface area (Å²) in [5, 5.41) is 60.8. The first-order chi connectivity index (χ1) is 13.4. The topological polar surface area (TPSA) is 203 Å². The second-order valence-corrected chi connectivity index (χ2v) is 6.80. The maximum atomic E-state index is 12.0. The molecule has 13 heteroatoms. The molecule has 2 saturated heterocycles. The molecular formula is C15H20N4O9. The summed E-state index contributed by atoms with van der Waals surface area (Å²) in [6.45, 7) is -1.30. The molecule has 7 N–H and O–H groups in total. The lowest BCUT2D eigenvalue weighted by Gasteiger charge is -2.39. The summed E-state index contributed by atoms with van der Waals surface area (Å²) in [5.41, 5.74) is -2.84. The van der Waals surface area contributed by atoms with Crippen LogP contribution in [-0.4, -0.2) is 106 Å². The van der Waals surface area contributed by atoms with Gasteiger partial charge in [0.25, 0.3) is 5.56 Å². The fraction of sp³-hybridized carbons (Fsp3) is 0.667. The van der Waals surface area contributed by atoms with Crippen LogP contribution in [0.5, 0.6) is 0 Å². The number of nitrogens with one attached hydrogen (secondary N) is 1. The second kappa shape index (κ2) is 6.82. The maximum Gasteiger partial charge on any atom is 0.278 e. The van der Waals surface area contributed by atoms with Gasteiger partial charge in [-0.05, 0) is 0 Å². The van der Waals surface area contributed by atoms with E-state index in [0.717, 1.165) is 17.2 Å². The Bertz CT molecular complexity index is 918. The summed E-state index contributed by atoms with van der Waals surface area (Å²) in [4.78, 5) is 22.3. The Kier molecular flexibility index (Phi) is 4.71. The van der Waals surface area contributed by atoms with E-state index in [-0.39, 0.29) is 11.2 Å². The van der Waals surface area contributed by atoms with Gasteiger partial charge in [-0.2, -0.15) is 0 Å². The minimum Gasteiger partial charge on any atom is -0.394 e. The summed E-state index contributed by atoms with van der Waals surface area (Å²) in [6.07, 6.45) is -8.28. The largest absolute Gasteiger partial charge is 0.394 e. The Morgan fingerprint density at radius 1 is 1.07 bits per heavy atom. The number of H-pyrrole nitrogens is 1. The van der Waals surface area contributed by atoms with E-state index < -0.39 is 67.2 Å². The molecule has 8 atom stereocenters. The first-order valence-electron chi connectivity index (χ1n) is 8.55. The van der Waals surface area contributed by atoms with Crippen LogP contribution < -0.4 is 5.56 Å². The molecule has 0 unspecified atom stereocenters. The van der Waals surface area contributed by atoms with E-state index in [2.05, 4.69) is 15.0 Å². The van der Waals surface area contributed by atoms with Crippen molar-refractivity contribution in [1.82, 2.24) is 19.5 Å². The van der Waals surface area contributed by atoms with Crippen LogP contribution in [0.2, 0.25) is 0 Å². The molecule has 28 heavy (non-hydrogen) atoms. The molecule has 4 heterocycles. The molecule has 2 aliphatic rings. The average molecular weight is 400 g/mol. The average Bonchev–Trinajstić information content (AvgIpc) is 3.32. The fourth-order valence-corrected chi connectivity index (χ4v) is 3.89. The van der Waals surface area contributed by atoms with E-state index >= 15 is 0 Å². The van der Waals surface area contributed by atoms with Crippen LogP contribution in [0.1, 0.15) is 0 Å². The number of hydrogen-bond donors (Lipinski definition) is 7. The van der Waals surface area contributed by atoms with Crippen molar-refractivity contribution >= 4 is 11.2 Å². The molecule has 2 aromatic rings. The van der Waals surface area contributed by atoms with E-state index in [9.17, 15) is 35.4 Å². The van der Waals surface area contributed by atoms with Crippen molar-refractivity contribution in [2.24, 2.45) is 0 Å². The minimum atomic E-state index is -2.10. The smallest absolute Gasteiger partial charge is 0.278 e. The van der Waals surface area contributed by atoms with Crippen molar-refractivity contribution < 1.29 is 40.1 Å². The summed E-state index contributed by atoms with van der Waals surface area (Å²) in [7, 11) is 0. The van der Waals surface area contributed by atoms with Crippen LogP contribution in [0.4, 0.5) is 0 Å². The number of aromatic amines is 1. The fourth-order valence-electron chi connectivity index (χ4n) is 3.89. The van der Waals surface area contributed by atoms with E-state index in [0.29, 0.717) is 0 Å². The van der Waals surface area contributed by atoms with Crippen molar-refractivity contribution in [1.29, 1.82) is 0 Å². The number of aliphatic hydroxyl groups is 6. The SMILES string of the molecule is O=c1[nH]cnc2c1ncn2[C@]1([C@@H]2O[C@H](CO)[C@@H](O)[C@H]2O)O[C@H](CO)[C@@H](O)[C@H]1O. The van der Waals surface area contributed by atoms with Crippen molar-refractivity contribution in [3.63, 3.8) is 0 Å². The van der Waals surface area contributed by atoms with Gasteiger partial charge in [0.1, 0.15) is 42.7 Å². The third kappa shape index (κ3) is 2.46. The lowest BCUT2D eigenvalue weighted by atomic mass is 9.92. The predicted molar refractivity (Wildman–Crippen MR) is 87.9 cm³/mol. The van der Waals surface area contributed by atoms with E-state index in [1.807, 2.05) is 0 Å². The molecule has 2 aliphatic heterocycles. The number of fused-ring (bicyclic) bond motifs is 1. The van der Waals surface area contributed by atoms with Crippen molar-refractivity contribution in [2.45, 2.75) is 48.5 Å². The zero-order chi connectivity index (χ0) is 20.2. The Morgan fingerprint density at radius 3 is 2.39 bits per heavy atom. The van der Waals surface area contributed by atoms with Gasteiger partial charge in [0.2, 0.25) is 5.72 Å². The van der Waals surface area contributed by atoms with Gasteiger partial charge in [0, 0.05) is 0 Å². The second-order valence-electron chi connectivity index (χ2n) is 6.80. The number of aromatic nitrogens is 4. The molecule has 2 aromatic heterocycles. The van der Waals surface area contributed by atoms with Crippen LogP contribution in [0, 0.1) is 0 Å². The zero-order valence-electron chi connectivity index (χ0n) is 14.4. The lowest BCUT2D eigenvalue weighted by molar-refractivity contribution is -0.231. The molecule has 0 saturated carbocycles. The molecule has 0 spiro atoms. The number of imidazole rings is 1. The highest BCUT2D eigenvalue weighted by Gasteiger charge is 2.65. The summed E-state index contributed by atoms with van der Waals surface area (Å²) >= 11 is 0. The first kappa shape index (κ1) is 19.4. The van der Waals surface area contributed by atoms with Crippen LogP contribution in [0.3, 0.4) is 0 Å². The Morgan fingerprint density at radius 2 is 1.79 bits per heavy atom. The van der Waals surface area contributed by atoms with Gasteiger partial charge in [-0.15, -0.1) is 0 Å². The molecule has 2 fully saturated rings. The highest BCUT2D eigenvalue weighted by atomic mass is 16.6. The number of aliphatic hydroxyl groups excluding tert-OH is 6. The normalized spacial score (nSPS) is 41.1. The molecule has 0 aromatic carbocycles. The van der Waals surface area contributed by atoms with Gasteiger partial charge in [-0.1, -0.05) is 0 Å². The van der Waals surface area contributed by atoms with Gasteiger partial charge in [-0.3, -0.25) is 9.36 Å². The number of nitrogens with zero attached hydrogens (tertiary/aromatic N) is 3. The molecule has 13 nitrogen and oxygen atoms in total. The summed E-state index contributed by atoms with van der Waals surface area (Å²) in [5.74, 6) is 0.